The SMILES string of the molecule is COc1cc2nc(N(CCN(C)C)C(=O)CCOc3ccccc3)sc2cc1OC. The van der Waals surface area contributed by atoms with Crippen LogP contribution in [0.1, 0.15) is 6.42 Å². The molecule has 1 amide bonds. The van der Waals surface area contributed by atoms with Gasteiger partial charge in [-0.05, 0) is 26.2 Å². The summed E-state index contributed by atoms with van der Waals surface area (Å²) in [5.74, 6) is 1.99. The molecule has 3 aromatic rings. The van der Waals surface area contributed by atoms with Crippen LogP contribution in [0.5, 0.6) is 17.2 Å². The summed E-state index contributed by atoms with van der Waals surface area (Å²) < 4.78 is 17.4. The number of hydrogen-bond donors (Lipinski definition) is 0. The molecule has 30 heavy (non-hydrogen) atoms. The Bertz CT molecular complexity index is 934. The first-order chi connectivity index (χ1) is 14.5. The van der Waals surface area contributed by atoms with E-state index in [9.17, 15) is 4.79 Å². The van der Waals surface area contributed by atoms with Gasteiger partial charge in [-0.3, -0.25) is 9.69 Å². The summed E-state index contributed by atoms with van der Waals surface area (Å²) in [5, 5.41) is 0.659. The van der Waals surface area contributed by atoms with Crippen molar-refractivity contribution in [3.8, 4) is 17.2 Å². The summed E-state index contributed by atoms with van der Waals surface area (Å²) in [5.41, 5.74) is 0.774. The fourth-order valence-corrected chi connectivity index (χ4v) is 3.91. The number of nitrogens with zero attached hydrogens (tertiary/aromatic N) is 3. The molecule has 0 radical (unpaired) electrons. The smallest absolute Gasteiger partial charge is 0.232 e. The molecule has 160 valence electrons. The van der Waals surface area contributed by atoms with E-state index in [1.54, 1.807) is 19.1 Å². The van der Waals surface area contributed by atoms with Gasteiger partial charge in [0.25, 0.3) is 0 Å². The van der Waals surface area contributed by atoms with Crippen LogP contribution in [-0.4, -0.2) is 63.8 Å². The molecule has 1 heterocycles. The van der Waals surface area contributed by atoms with Gasteiger partial charge in [-0.1, -0.05) is 29.5 Å². The summed E-state index contributed by atoms with van der Waals surface area (Å²) in [6.07, 6.45) is 0.269. The molecule has 0 fully saturated rings. The largest absolute Gasteiger partial charge is 0.493 e. The van der Waals surface area contributed by atoms with E-state index in [0.29, 0.717) is 29.8 Å². The average Bonchev–Trinajstić information content (AvgIpc) is 3.15. The van der Waals surface area contributed by atoms with Crippen LogP contribution in [0.3, 0.4) is 0 Å². The quantitative estimate of drug-likeness (QED) is 0.490. The number of thiazole rings is 1. The number of para-hydroxylation sites is 1. The van der Waals surface area contributed by atoms with E-state index in [2.05, 4.69) is 0 Å². The van der Waals surface area contributed by atoms with Crippen LogP contribution in [-0.2, 0) is 4.79 Å². The van der Waals surface area contributed by atoms with E-state index >= 15 is 0 Å². The number of fused-ring (bicyclic) bond motifs is 1. The maximum atomic E-state index is 13.0. The number of anilines is 1. The van der Waals surface area contributed by atoms with Crippen molar-refractivity contribution in [3.05, 3.63) is 42.5 Å². The molecule has 0 bridgehead atoms. The van der Waals surface area contributed by atoms with Crippen molar-refractivity contribution in [1.82, 2.24) is 9.88 Å². The number of carbonyl (C=O) groups is 1. The summed E-state index contributed by atoms with van der Waals surface area (Å²) in [6, 6.07) is 13.2. The molecule has 0 N–H and O–H groups in total. The standard InChI is InChI=1S/C22H27N3O4S/c1-24(2)11-12-25(21(26)10-13-29-16-8-6-5-7-9-16)22-23-17-14-18(27-3)19(28-4)15-20(17)30-22/h5-9,14-15H,10-13H2,1-4H3. The number of rotatable bonds is 10. The molecule has 0 saturated heterocycles. The summed E-state index contributed by atoms with van der Waals surface area (Å²) >= 11 is 1.46. The van der Waals surface area contributed by atoms with Crippen molar-refractivity contribution in [2.24, 2.45) is 0 Å². The molecule has 0 aliphatic heterocycles. The second-order valence-corrected chi connectivity index (χ2v) is 7.94. The Balaban J connectivity index is 1.78. The molecule has 0 aliphatic carbocycles. The minimum atomic E-state index is -0.0224. The first-order valence-electron chi connectivity index (χ1n) is 9.67. The minimum absolute atomic E-state index is 0.0224. The van der Waals surface area contributed by atoms with Crippen LogP contribution in [0.2, 0.25) is 0 Å². The molecule has 0 aliphatic rings. The van der Waals surface area contributed by atoms with Crippen molar-refractivity contribution in [2.45, 2.75) is 6.42 Å². The highest BCUT2D eigenvalue weighted by Gasteiger charge is 2.21. The van der Waals surface area contributed by atoms with Crippen LogP contribution >= 0.6 is 11.3 Å². The van der Waals surface area contributed by atoms with E-state index < -0.39 is 0 Å². The molecule has 0 atom stereocenters. The van der Waals surface area contributed by atoms with Gasteiger partial charge in [0, 0.05) is 25.2 Å². The van der Waals surface area contributed by atoms with Gasteiger partial charge in [0.15, 0.2) is 16.6 Å². The molecule has 0 spiro atoms. The van der Waals surface area contributed by atoms with Crippen molar-refractivity contribution in [1.29, 1.82) is 0 Å². The number of ether oxygens (including phenoxy) is 3. The highest BCUT2D eigenvalue weighted by molar-refractivity contribution is 7.22. The number of benzene rings is 2. The number of aromatic nitrogens is 1. The number of likely N-dealkylation sites (N-methyl/N-ethyl adjacent to an activating group) is 1. The fourth-order valence-electron chi connectivity index (χ4n) is 2.89. The monoisotopic (exact) mass is 429 g/mol. The van der Waals surface area contributed by atoms with Crippen LogP contribution in [0, 0.1) is 0 Å². The van der Waals surface area contributed by atoms with E-state index in [4.69, 9.17) is 19.2 Å². The van der Waals surface area contributed by atoms with Gasteiger partial charge < -0.3 is 19.1 Å². The number of carbonyl (C=O) groups excluding carboxylic acids is 1. The zero-order valence-electron chi connectivity index (χ0n) is 17.8. The van der Waals surface area contributed by atoms with Crippen LogP contribution in [0.25, 0.3) is 10.2 Å². The zero-order valence-corrected chi connectivity index (χ0v) is 18.6. The van der Waals surface area contributed by atoms with Crippen molar-refractivity contribution in [2.75, 3.05) is 52.9 Å². The third kappa shape index (κ3) is 5.40. The van der Waals surface area contributed by atoms with Gasteiger partial charge >= 0.3 is 0 Å². The molecule has 7 nitrogen and oxygen atoms in total. The molecular weight excluding hydrogens is 402 g/mol. The van der Waals surface area contributed by atoms with Gasteiger partial charge in [0.1, 0.15) is 5.75 Å². The molecule has 3 rings (SSSR count). The molecule has 8 heteroatoms. The number of methoxy groups -OCH3 is 2. The number of amides is 1. The minimum Gasteiger partial charge on any atom is -0.493 e. The number of hydrogen-bond acceptors (Lipinski definition) is 7. The van der Waals surface area contributed by atoms with Crippen LogP contribution in [0.4, 0.5) is 5.13 Å². The first kappa shape index (κ1) is 21.9. The Morgan fingerprint density at radius 2 is 1.73 bits per heavy atom. The van der Waals surface area contributed by atoms with E-state index in [1.807, 2.05) is 61.5 Å². The third-order valence-corrected chi connectivity index (χ3v) is 5.55. The van der Waals surface area contributed by atoms with E-state index in [0.717, 1.165) is 22.5 Å². The molecular formula is C22H27N3O4S. The van der Waals surface area contributed by atoms with E-state index in [1.165, 1.54) is 11.3 Å². The maximum absolute atomic E-state index is 13.0. The normalized spacial score (nSPS) is 11.0. The van der Waals surface area contributed by atoms with Crippen LogP contribution < -0.4 is 19.1 Å². The lowest BCUT2D eigenvalue weighted by Crippen LogP contribution is -2.37. The Kier molecular flexibility index (Phi) is 7.48. The Hall–Kier alpha value is -2.84. The molecule has 1 aromatic heterocycles. The van der Waals surface area contributed by atoms with Gasteiger partial charge in [-0.2, -0.15) is 0 Å². The topological polar surface area (TPSA) is 64.1 Å². The predicted molar refractivity (Wildman–Crippen MR) is 120 cm³/mol. The fraction of sp³-hybridized carbons (Fsp3) is 0.364. The van der Waals surface area contributed by atoms with Gasteiger partial charge in [0.2, 0.25) is 5.91 Å². The summed E-state index contributed by atoms with van der Waals surface area (Å²) in [4.78, 5) is 21.5. The second-order valence-electron chi connectivity index (χ2n) is 6.93. The lowest BCUT2D eigenvalue weighted by Gasteiger charge is -2.22. The lowest BCUT2D eigenvalue weighted by molar-refractivity contribution is -0.119. The Labute approximate surface area is 180 Å². The summed E-state index contributed by atoms with van der Waals surface area (Å²) in [6.45, 7) is 1.59. The third-order valence-electron chi connectivity index (χ3n) is 4.51. The Morgan fingerprint density at radius 1 is 1.03 bits per heavy atom. The second kappa shape index (κ2) is 10.3. The molecule has 0 saturated carbocycles. The lowest BCUT2D eigenvalue weighted by atomic mass is 10.3. The molecule has 0 unspecified atom stereocenters. The highest BCUT2D eigenvalue weighted by atomic mass is 32.1. The van der Waals surface area contributed by atoms with Crippen LogP contribution in [0.15, 0.2) is 42.5 Å². The summed E-state index contributed by atoms with van der Waals surface area (Å²) in [7, 11) is 7.16. The average molecular weight is 430 g/mol. The van der Waals surface area contributed by atoms with Gasteiger partial charge in [0.05, 0.1) is 37.5 Å². The highest BCUT2D eigenvalue weighted by Crippen LogP contribution is 2.37. The van der Waals surface area contributed by atoms with E-state index in [-0.39, 0.29) is 12.3 Å². The van der Waals surface area contributed by atoms with Crippen molar-refractivity contribution >= 4 is 32.6 Å². The first-order valence-corrected chi connectivity index (χ1v) is 10.5. The predicted octanol–water partition coefficient (Wildman–Crippen LogP) is 3.68. The Morgan fingerprint density at radius 3 is 2.40 bits per heavy atom. The van der Waals surface area contributed by atoms with Crippen molar-refractivity contribution < 1.29 is 19.0 Å². The zero-order chi connectivity index (χ0) is 21.5. The van der Waals surface area contributed by atoms with Gasteiger partial charge in [-0.15, -0.1) is 0 Å². The van der Waals surface area contributed by atoms with Gasteiger partial charge in [-0.25, -0.2) is 4.98 Å². The molecule has 2 aromatic carbocycles. The maximum Gasteiger partial charge on any atom is 0.232 e. The van der Waals surface area contributed by atoms with Crippen molar-refractivity contribution in [3.63, 3.8) is 0 Å².